The lowest BCUT2D eigenvalue weighted by molar-refractivity contribution is 0.606. The van der Waals surface area contributed by atoms with E-state index in [0.717, 1.165) is 24.5 Å². The monoisotopic (exact) mass is 324 g/mol. The largest absolute Gasteiger partial charge is 0.370 e. The van der Waals surface area contributed by atoms with Crippen LogP contribution in [0.15, 0.2) is 30.6 Å². The first-order valence-corrected chi connectivity index (χ1v) is 7.57. The summed E-state index contributed by atoms with van der Waals surface area (Å²) >= 11 is 12.0. The molecule has 0 radical (unpaired) electrons. The molecule has 112 valence electrons. The minimum Gasteiger partial charge on any atom is -0.370 e. The Morgan fingerprint density at radius 3 is 2.33 bits per heavy atom. The zero-order valence-electron chi connectivity index (χ0n) is 12.0. The van der Waals surface area contributed by atoms with Crippen molar-refractivity contribution in [3.8, 4) is 0 Å². The van der Waals surface area contributed by atoms with E-state index in [2.05, 4.69) is 34.4 Å². The Balaban J connectivity index is 2.03. The molecule has 0 bridgehead atoms. The quantitative estimate of drug-likeness (QED) is 0.786. The lowest BCUT2D eigenvalue weighted by atomic mass is 10.1. The van der Waals surface area contributed by atoms with Gasteiger partial charge in [-0.2, -0.15) is 0 Å². The van der Waals surface area contributed by atoms with Crippen molar-refractivity contribution >= 4 is 40.5 Å². The van der Waals surface area contributed by atoms with E-state index in [4.69, 9.17) is 23.2 Å². The molecule has 6 heteroatoms. The molecule has 0 saturated heterocycles. The highest BCUT2D eigenvalue weighted by Crippen LogP contribution is 2.25. The molecule has 0 unspecified atom stereocenters. The Morgan fingerprint density at radius 2 is 1.67 bits per heavy atom. The minimum atomic E-state index is 0.578. The number of anilines is 3. The van der Waals surface area contributed by atoms with Gasteiger partial charge in [0.05, 0.1) is 0 Å². The first kappa shape index (κ1) is 15.9. The molecule has 0 amide bonds. The van der Waals surface area contributed by atoms with Gasteiger partial charge in [-0.05, 0) is 30.5 Å². The van der Waals surface area contributed by atoms with Gasteiger partial charge in [0.25, 0.3) is 0 Å². The molecule has 2 N–H and O–H groups in total. The van der Waals surface area contributed by atoms with E-state index >= 15 is 0 Å². The van der Waals surface area contributed by atoms with Crippen molar-refractivity contribution in [3.05, 3.63) is 40.6 Å². The molecule has 2 rings (SSSR count). The Bertz CT molecular complexity index is 582. The Morgan fingerprint density at radius 1 is 1.00 bits per heavy atom. The standard InChI is InChI=1S/C15H18Cl2N4/c1-10(2)3-4-18-14-8-15(20-9-19-14)21-13-6-11(16)5-12(17)7-13/h5-10H,3-4H2,1-2H3,(H2,18,19,20,21). The third-order valence-corrected chi connectivity index (χ3v) is 3.27. The predicted octanol–water partition coefficient (Wildman–Crippen LogP) is 4.99. The van der Waals surface area contributed by atoms with E-state index in [1.165, 1.54) is 6.33 Å². The summed E-state index contributed by atoms with van der Waals surface area (Å²) in [7, 11) is 0. The van der Waals surface area contributed by atoms with Crippen LogP contribution in [0.3, 0.4) is 0 Å². The average molecular weight is 325 g/mol. The smallest absolute Gasteiger partial charge is 0.135 e. The van der Waals surface area contributed by atoms with Crippen molar-refractivity contribution in [2.75, 3.05) is 17.2 Å². The van der Waals surface area contributed by atoms with Gasteiger partial charge in [0.2, 0.25) is 0 Å². The molecule has 1 heterocycles. The highest BCUT2D eigenvalue weighted by Gasteiger charge is 2.02. The van der Waals surface area contributed by atoms with Crippen LogP contribution in [0.25, 0.3) is 0 Å². The fourth-order valence-electron chi connectivity index (χ4n) is 1.79. The van der Waals surface area contributed by atoms with Crippen LogP contribution in [-0.4, -0.2) is 16.5 Å². The van der Waals surface area contributed by atoms with Gasteiger partial charge < -0.3 is 10.6 Å². The van der Waals surface area contributed by atoms with Crippen molar-refractivity contribution in [1.82, 2.24) is 9.97 Å². The molecule has 0 spiro atoms. The summed E-state index contributed by atoms with van der Waals surface area (Å²) in [6.07, 6.45) is 2.61. The fourth-order valence-corrected chi connectivity index (χ4v) is 2.31. The van der Waals surface area contributed by atoms with Crippen LogP contribution in [0.1, 0.15) is 20.3 Å². The third-order valence-electron chi connectivity index (χ3n) is 2.83. The molecule has 1 aromatic heterocycles. The first-order chi connectivity index (χ1) is 10.0. The Labute approximate surface area is 134 Å². The van der Waals surface area contributed by atoms with Crippen LogP contribution in [0.5, 0.6) is 0 Å². The van der Waals surface area contributed by atoms with Crippen molar-refractivity contribution in [2.24, 2.45) is 5.92 Å². The molecule has 0 saturated carbocycles. The summed E-state index contributed by atoms with van der Waals surface area (Å²) in [5.74, 6) is 2.14. The average Bonchev–Trinajstić information content (AvgIpc) is 2.37. The maximum absolute atomic E-state index is 5.98. The topological polar surface area (TPSA) is 49.8 Å². The fraction of sp³-hybridized carbons (Fsp3) is 0.333. The van der Waals surface area contributed by atoms with Crippen molar-refractivity contribution in [1.29, 1.82) is 0 Å². The van der Waals surface area contributed by atoms with Crippen LogP contribution < -0.4 is 10.6 Å². The second kappa shape index (κ2) is 7.48. The van der Waals surface area contributed by atoms with E-state index in [-0.39, 0.29) is 0 Å². The van der Waals surface area contributed by atoms with E-state index in [1.807, 2.05) is 6.07 Å². The van der Waals surface area contributed by atoms with Crippen LogP contribution in [0.2, 0.25) is 10.0 Å². The molecule has 1 aromatic carbocycles. The zero-order chi connectivity index (χ0) is 15.2. The molecular weight excluding hydrogens is 307 g/mol. The minimum absolute atomic E-state index is 0.578. The van der Waals surface area contributed by atoms with Crippen LogP contribution in [0, 0.1) is 5.92 Å². The summed E-state index contributed by atoms with van der Waals surface area (Å²) in [6.45, 7) is 5.27. The molecule has 0 aliphatic rings. The number of halogens is 2. The number of aromatic nitrogens is 2. The molecular formula is C15H18Cl2N4. The summed E-state index contributed by atoms with van der Waals surface area (Å²) in [4.78, 5) is 8.39. The highest BCUT2D eigenvalue weighted by molar-refractivity contribution is 6.35. The van der Waals surface area contributed by atoms with Crippen LogP contribution in [-0.2, 0) is 0 Å². The molecule has 0 aliphatic carbocycles. The zero-order valence-corrected chi connectivity index (χ0v) is 13.5. The lowest BCUT2D eigenvalue weighted by Crippen LogP contribution is -2.07. The van der Waals surface area contributed by atoms with E-state index in [1.54, 1.807) is 18.2 Å². The number of hydrogen-bond acceptors (Lipinski definition) is 4. The molecule has 0 fully saturated rings. The first-order valence-electron chi connectivity index (χ1n) is 6.82. The SMILES string of the molecule is CC(C)CCNc1cc(Nc2cc(Cl)cc(Cl)c2)ncn1. The van der Waals surface area contributed by atoms with Gasteiger partial charge in [0, 0.05) is 28.3 Å². The lowest BCUT2D eigenvalue weighted by Gasteiger charge is -2.10. The number of hydrogen-bond donors (Lipinski definition) is 2. The highest BCUT2D eigenvalue weighted by atomic mass is 35.5. The van der Waals surface area contributed by atoms with E-state index in [9.17, 15) is 0 Å². The molecule has 0 atom stereocenters. The van der Waals surface area contributed by atoms with Gasteiger partial charge in [-0.25, -0.2) is 9.97 Å². The summed E-state index contributed by atoms with van der Waals surface area (Å²) < 4.78 is 0. The van der Waals surface area contributed by atoms with Crippen molar-refractivity contribution in [2.45, 2.75) is 20.3 Å². The van der Waals surface area contributed by atoms with Crippen molar-refractivity contribution in [3.63, 3.8) is 0 Å². The number of rotatable bonds is 6. The summed E-state index contributed by atoms with van der Waals surface area (Å²) in [6, 6.07) is 7.13. The van der Waals surface area contributed by atoms with Gasteiger partial charge in [-0.15, -0.1) is 0 Å². The second-order valence-corrected chi connectivity index (χ2v) is 6.05. The number of benzene rings is 1. The van der Waals surface area contributed by atoms with Gasteiger partial charge >= 0.3 is 0 Å². The Hall–Kier alpha value is -1.52. The van der Waals surface area contributed by atoms with E-state index in [0.29, 0.717) is 21.8 Å². The van der Waals surface area contributed by atoms with Crippen molar-refractivity contribution < 1.29 is 0 Å². The molecule has 0 aliphatic heterocycles. The Kier molecular flexibility index (Phi) is 5.65. The normalized spacial score (nSPS) is 10.7. The molecule has 2 aromatic rings. The second-order valence-electron chi connectivity index (χ2n) is 5.18. The maximum Gasteiger partial charge on any atom is 0.135 e. The number of nitrogens with zero attached hydrogens (tertiary/aromatic N) is 2. The van der Waals surface area contributed by atoms with Gasteiger partial charge in [0.1, 0.15) is 18.0 Å². The van der Waals surface area contributed by atoms with Crippen LogP contribution >= 0.6 is 23.2 Å². The predicted molar refractivity (Wildman–Crippen MR) is 89.7 cm³/mol. The van der Waals surface area contributed by atoms with E-state index < -0.39 is 0 Å². The molecule has 4 nitrogen and oxygen atoms in total. The number of nitrogens with one attached hydrogen (secondary N) is 2. The van der Waals surface area contributed by atoms with Crippen LogP contribution in [0.4, 0.5) is 17.3 Å². The van der Waals surface area contributed by atoms with Gasteiger partial charge in [-0.3, -0.25) is 0 Å². The molecule has 21 heavy (non-hydrogen) atoms. The summed E-state index contributed by atoms with van der Waals surface area (Å²) in [5, 5.41) is 7.60. The van der Waals surface area contributed by atoms with Gasteiger partial charge in [-0.1, -0.05) is 37.0 Å². The third kappa shape index (κ3) is 5.40. The van der Waals surface area contributed by atoms with Gasteiger partial charge in [0.15, 0.2) is 0 Å². The summed E-state index contributed by atoms with van der Waals surface area (Å²) in [5.41, 5.74) is 0.791. The maximum atomic E-state index is 5.98.